The lowest BCUT2D eigenvalue weighted by Crippen LogP contribution is -2.39. The van der Waals surface area contributed by atoms with Crippen LogP contribution in [0.3, 0.4) is 0 Å². The highest BCUT2D eigenvalue weighted by molar-refractivity contribution is 9.10. The van der Waals surface area contributed by atoms with Crippen molar-refractivity contribution in [3.05, 3.63) is 123 Å². The second-order valence-corrected chi connectivity index (χ2v) is 12.1. The van der Waals surface area contributed by atoms with Crippen LogP contribution in [0, 0.1) is 0 Å². The van der Waals surface area contributed by atoms with Gasteiger partial charge in [-0.25, -0.2) is 9.79 Å². The summed E-state index contributed by atoms with van der Waals surface area (Å²) in [7, 11) is 1.55. The number of esters is 1. The Morgan fingerprint density at radius 2 is 1.86 bits per heavy atom. The number of carbonyl (C=O) groups excluding carboxylic acids is 1. The zero-order valence-corrected chi connectivity index (χ0v) is 26.7. The molecule has 0 unspecified atom stereocenters. The number of nitrogens with zero attached hydrogens (tertiary/aromatic N) is 2. The van der Waals surface area contributed by atoms with Crippen molar-refractivity contribution < 1.29 is 19.0 Å². The average molecular weight is 688 g/mol. The first kappa shape index (κ1) is 30.1. The first-order valence-corrected chi connectivity index (χ1v) is 15.3. The summed E-state index contributed by atoms with van der Waals surface area (Å²) in [6, 6.07) is 17.5. The third kappa shape index (κ3) is 6.20. The normalized spacial score (nSPS) is 14.8. The molecule has 0 saturated heterocycles. The summed E-state index contributed by atoms with van der Waals surface area (Å²) >= 11 is 17.0. The van der Waals surface area contributed by atoms with E-state index < -0.39 is 12.0 Å². The van der Waals surface area contributed by atoms with Crippen molar-refractivity contribution in [1.29, 1.82) is 0 Å². The number of halogens is 3. The van der Waals surface area contributed by atoms with E-state index in [-0.39, 0.29) is 18.8 Å². The molecule has 0 bridgehead atoms. The molecular formula is C31H25BrCl2N2O5S. The van der Waals surface area contributed by atoms with Gasteiger partial charge in [-0.3, -0.25) is 9.36 Å². The van der Waals surface area contributed by atoms with Crippen LogP contribution in [0.4, 0.5) is 0 Å². The molecule has 0 amide bonds. The van der Waals surface area contributed by atoms with Crippen LogP contribution < -0.4 is 24.4 Å². The molecule has 0 radical (unpaired) electrons. The van der Waals surface area contributed by atoms with E-state index in [0.29, 0.717) is 42.1 Å². The van der Waals surface area contributed by atoms with Gasteiger partial charge in [0.2, 0.25) is 0 Å². The molecule has 5 rings (SSSR count). The molecule has 1 aliphatic rings. The first-order valence-electron chi connectivity index (χ1n) is 12.9. The second kappa shape index (κ2) is 12.9. The van der Waals surface area contributed by atoms with Crippen LogP contribution in [-0.4, -0.2) is 24.3 Å². The predicted molar refractivity (Wildman–Crippen MR) is 168 cm³/mol. The number of rotatable bonds is 8. The number of thiazole rings is 1. The summed E-state index contributed by atoms with van der Waals surface area (Å²) < 4.78 is 19.8. The standard InChI is InChI=1S/C31H25BrCl2N2O5S/c1-4-40-30(38)27-17(2)35-31-36(28(27)19-6-9-21(32)10-7-19)29(37)26(42-31)14-18-5-12-24(25(13-18)39-3)41-16-20-8-11-22(33)15-23(20)34/h5-15,28H,4,16H2,1-3H3/b26-14-/t28-/m1/s1. The lowest BCUT2D eigenvalue weighted by molar-refractivity contribution is -0.139. The summed E-state index contributed by atoms with van der Waals surface area (Å²) in [5.74, 6) is 0.517. The van der Waals surface area contributed by atoms with Crippen LogP contribution >= 0.6 is 50.5 Å². The zero-order valence-electron chi connectivity index (χ0n) is 22.8. The first-order chi connectivity index (χ1) is 20.2. The van der Waals surface area contributed by atoms with Crippen LogP contribution in [0.15, 0.2) is 86.2 Å². The van der Waals surface area contributed by atoms with Gasteiger partial charge in [0.1, 0.15) is 6.61 Å². The number of benzene rings is 3. The van der Waals surface area contributed by atoms with E-state index >= 15 is 0 Å². The van der Waals surface area contributed by atoms with E-state index in [2.05, 4.69) is 20.9 Å². The number of hydrogen-bond acceptors (Lipinski definition) is 7. The highest BCUT2D eigenvalue weighted by Gasteiger charge is 2.33. The van der Waals surface area contributed by atoms with Gasteiger partial charge in [0.15, 0.2) is 16.3 Å². The molecule has 11 heteroatoms. The van der Waals surface area contributed by atoms with Gasteiger partial charge in [-0.1, -0.05) is 74.7 Å². The SMILES string of the molecule is CCOC(=O)C1=C(C)N=c2s/c(=C\c3ccc(OCc4ccc(Cl)cc4Cl)c(OC)c3)c(=O)n2[C@@H]1c1ccc(Br)cc1. The van der Waals surface area contributed by atoms with Gasteiger partial charge in [-0.2, -0.15) is 0 Å². The van der Waals surface area contributed by atoms with E-state index in [1.807, 2.05) is 36.4 Å². The fourth-order valence-corrected chi connectivity index (χ4v) is 6.36. The third-order valence-electron chi connectivity index (χ3n) is 6.59. The summed E-state index contributed by atoms with van der Waals surface area (Å²) in [4.78, 5) is 32.0. The third-order valence-corrected chi connectivity index (χ3v) is 8.69. The molecule has 2 heterocycles. The molecule has 0 saturated carbocycles. The maximum absolute atomic E-state index is 13.9. The Balaban J connectivity index is 1.53. The van der Waals surface area contributed by atoms with Crippen LogP contribution in [-0.2, 0) is 16.1 Å². The van der Waals surface area contributed by atoms with E-state index in [1.54, 1.807) is 55.9 Å². The van der Waals surface area contributed by atoms with Crippen molar-refractivity contribution in [1.82, 2.24) is 4.57 Å². The molecule has 3 aromatic carbocycles. The molecule has 42 heavy (non-hydrogen) atoms. The quantitative estimate of drug-likeness (QED) is 0.199. The molecule has 1 aliphatic heterocycles. The molecule has 1 atom stereocenters. The number of hydrogen-bond donors (Lipinski definition) is 0. The van der Waals surface area contributed by atoms with E-state index in [9.17, 15) is 9.59 Å². The molecule has 4 aromatic rings. The summed E-state index contributed by atoms with van der Waals surface area (Å²) in [6.07, 6.45) is 1.77. The summed E-state index contributed by atoms with van der Waals surface area (Å²) in [5, 5.41) is 1.06. The predicted octanol–water partition coefficient (Wildman–Crippen LogP) is 6.46. The minimum atomic E-state index is -0.680. The van der Waals surface area contributed by atoms with Crippen molar-refractivity contribution in [2.75, 3.05) is 13.7 Å². The highest BCUT2D eigenvalue weighted by Crippen LogP contribution is 2.32. The Kier molecular flexibility index (Phi) is 9.22. The van der Waals surface area contributed by atoms with Crippen molar-refractivity contribution in [2.24, 2.45) is 4.99 Å². The maximum atomic E-state index is 13.9. The Hall–Kier alpha value is -3.37. The van der Waals surface area contributed by atoms with Gasteiger partial charge in [0.05, 0.1) is 35.6 Å². The lowest BCUT2D eigenvalue weighted by Gasteiger charge is -2.24. The zero-order chi connectivity index (χ0) is 30.0. The Bertz CT molecular complexity index is 1880. The molecular weight excluding hydrogens is 663 g/mol. The minimum Gasteiger partial charge on any atom is -0.493 e. The van der Waals surface area contributed by atoms with Crippen molar-refractivity contribution in [3.63, 3.8) is 0 Å². The Labute approximate surface area is 264 Å². The molecule has 0 fully saturated rings. The average Bonchev–Trinajstić information content (AvgIpc) is 3.26. The fourth-order valence-electron chi connectivity index (χ4n) is 4.59. The monoisotopic (exact) mass is 686 g/mol. The number of carbonyl (C=O) groups is 1. The topological polar surface area (TPSA) is 79.1 Å². The lowest BCUT2D eigenvalue weighted by atomic mass is 9.96. The number of ether oxygens (including phenoxy) is 3. The van der Waals surface area contributed by atoms with Crippen molar-refractivity contribution in [3.8, 4) is 11.5 Å². The van der Waals surface area contributed by atoms with Gasteiger partial charge >= 0.3 is 5.97 Å². The Morgan fingerprint density at radius 1 is 1.10 bits per heavy atom. The molecule has 0 spiro atoms. The molecule has 0 N–H and O–H groups in total. The van der Waals surface area contributed by atoms with Gasteiger partial charge in [0, 0.05) is 20.1 Å². The number of aromatic nitrogens is 1. The van der Waals surface area contributed by atoms with Gasteiger partial charge in [-0.05, 0) is 67.4 Å². The summed E-state index contributed by atoms with van der Waals surface area (Å²) in [5.41, 5.74) is 2.87. The molecule has 7 nitrogen and oxygen atoms in total. The minimum absolute atomic E-state index is 0.210. The largest absolute Gasteiger partial charge is 0.493 e. The summed E-state index contributed by atoms with van der Waals surface area (Å²) in [6.45, 7) is 3.94. The van der Waals surface area contributed by atoms with E-state index in [0.717, 1.165) is 21.2 Å². The fraction of sp³-hybridized carbons (Fsp3) is 0.194. The van der Waals surface area contributed by atoms with Crippen LogP contribution in [0.1, 0.15) is 36.6 Å². The molecule has 0 aliphatic carbocycles. The van der Waals surface area contributed by atoms with Crippen LogP contribution in [0.2, 0.25) is 10.0 Å². The van der Waals surface area contributed by atoms with Crippen LogP contribution in [0.5, 0.6) is 11.5 Å². The van der Waals surface area contributed by atoms with Gasteiger partial charge in [0.25, 0.3) is 5.56 Å². The Morgan fingerprint density at radius 3 is 2.55 bits per heavy atom. The van der Waals surface area contributed by atoms with Gasteiger partial charge < -0.3 is 14.2 Å². The maximum Gasteiger partial charge on any atom is 0.338 e. The number of allylic oxidation sites excluding steroid dienone is 1. The van der Waals surface area contributed by atoms with E-state index in [4.69, 9.17) is 37.4 Å². The molecule has 1 aromatic heterocycles. The van der Waals surface area contributed by atoms with E-state index in [1.165, 1.54) is 11.3 Å². The van der Waals surface area contributed by atoms with Crippen molar-refractivity contribution >= 4 is 62.5 Å². The van der Waals surface area contributed by atoms with Gasteiger partial charge in [-0.15, -0.1) is 0 Å². The number of fused-ring (bicyclic) bond motifs is 1. The van der Waals surface area contributed by atoms with Crippen molar-refractivity contribution in [2.45, 2.75) is 26.5 Å². The smallest absolute Gasteiger partial charge is 0.338 e. The number of methoxy groups -OCH3 is 1. The highest BCUT2D eigenvalue weighted by atomic mass is 79.9. The second-order valence-electron chi connectivity index (χ2n) is 9.29. The molecule has 216 valence electrons. The van der Waals surface area contributed by atoms with Crippen LogP contribution in [0.25, 0.3) is 6.08 Å².